The number of nitrogens with two attached hydrogens (primary N) is 1. The maximum absolute atomic E-state index is 13.9. The SMILES string of the molecule is C=Cn1cc(C(=O)O)c(=O)c2c(N)c(F)c(F)c(OC(F)F)c21. The van der Waals surface area contributed by atoms with Crippen molar-refractivity contribution in [3.63, 3.8) is 0 Å². The Balaban J connectivity index is 3.14. The van der Waals surface area contributed by atoms with Crippen molar-refractivity contribution in [1.82, 2.24) is 4.57 Å². The Bertz CT molecular complexity index is 892. The van der Waals surface area contributed by atoms with E-state index >= 15 is 0 Å². The van der Waals surface area contributed by atoms with Gasteiger partial charge in [0, 0.05) is 12.4 Å². The van der Waals surface area contributed by atoms with Crippen LogP contribution in [0.5, 0.6) is 5.75 Å². The monoisotopic (exact) mass is 332 g/mol. The van der Waals surface area contributed by atoms with Crippen LogP contribution >= 0.6 is 0 Å². The van der Waals surface area contributed by atoms with Gasteiger partial charge in [-0.3, -0.25) is 4.79 Å². The number of hydrogen-bond acceptors (Lipinski definition) is 4. The lowest BCUT2D eigenvalue weighted by Crippen LogP contribution is -2.21. The van der Waals surface area contributed by atoms with Gasteiger partial charge in [0.2, 0.25) is 11.2 Å². The second kappa shape index (κ2) is 5.63. The third-order valence-electron chi connectivity index (χ3n) is 2.98. The van der Waals surface area contributed by atoms with Gasteiger partial charge in [-0.2, -0.15) is 13.2 Å². The lowest BCUT2D eigenvalue weighted by atomic mass is 10.1. The number of ether oxygens (including phenoxy) is 1. The smallest absolute Gasteiger partial charge is 0.387 e. The first-order chi connectivity index (χ1) is 10.7. The first-order valence-electron chi connectivity index (χ1n) is 5.86. The van der Waals surface area contributed by atoms with E-state index in [1.54, 1.807) is 0 Å². The molecule has 2 rings (SSSR count). The van der Waals surface area contributed by atoms with Crippen molar-refractivity contribution in [2.75, 3.05) is 5.73 Å². The average molecular weight is 332 g/mol. The molecule has 23 heavy (non-hydrogen) atoms. The molecule has 0 unspecified atom stereocenters. The number of hydrogen-bond donors (Lipinski definition) is 2. The fourth-order valence-corrected chi connectivity index (χ4v) is 2.04. The predicted molar refractivity (Wildman–Crippen MR) is 72.5 cm³/mol. The van der Waals surface area contributed by atoms with Crippen LogP contribution in [0.3, 0.4) is 0 Å². The molecule has 6 nitrogen and oxygen atoms in total. The number of aromatic carboxylic acids is 1. The highest BCUT2D eigenvalue weighted by Crippen LogP contribution is 2.35. The van der Waals surface area contributed by atoms with E-state index in [9.17, 15) is 27.2 Å². The van der Waals surface area contributed by atoms with Crippen LogP contribution < -0.4 is 15.9 Å². The molecule has 2 aromatic rings. The summed E-state index contributed by atoms with van der Waals surface area (Å²) in [7, 11) is 0. The van der Waals surface area contributed by atoms with Crippen LogP contribution in [0, 0.1) is 11.6 Å². The van der Waals surface area contributed by atoms with Crippen molar-refractivity contribution in [1.29, 1.82) is 0 Å². The summed E-state index contributed by atoms with van der Waals surface area (Å²) in [5.41, 5.74) is 1.52. The van der Waals surface area contributed by atoms with E-state index in [0.29, 0.717) is 6.20 Å². The van der Waals surface area contributed by atoms with Crippen molar-refractivity contribution in [3.05, 3.63) is 40.2 Å². The summed E-state index contributed by atoms with van der Waals surface area (Å²) in [4.78, 5) is 23.2. The van der Waals surface area contributed by atoms with E-state index < -0.39 is 57.5 Å². The molecule has 1 heterocycles. The number of benzene rings is 1. The Morgan fingerprint density at radius 1 is 1.39 bits per heavy atom. The summed E-state index contributed by atoms with van der Waals surface area (Å²) in [6.45, 7) is -0.244. The molecule has 1 aromatic heterocycles. The number of carboxylic acids is 1. The molecule has 0 amide bonds. The number of halogens is 4. The molecule has 0 aliphatic carbocycles. The van der Waals surface area contributed by atoms with Crippen molar-refractivity contribution in [2.24, 2.45) is 0 Å². The Morgan fingerprint density at radius 2 is 2.00 bits per heavy atom. The summed E-state index contributed by atoms with van der Waals surface area (Å²) in [5.74, 6) is -6.60. The number of nitrogens with zero attached hydrogens (tertiary/aromatic N) is 1. The average Bonchev–Trinajstić information content (AvgIpc) is 2.48. The van der Waals surface area contributed by atoms with Crippen LogP contribution in [0.2, 0.25) is 0 Å². The van der Waals surface area contributed by atoms with Gasteiger partial charge in [-0.25, -0.2) is 9.18 Å². The molecule has 0 radical (unpaired) electrons. The van der Waals surface area contributed by atoms with E-state index in [-0.39, 0.29) is 0 Å². The number of fused-ring (bicyclic) bond motifs is 1. The molecule has 1 aromatic carbocycles. The number of anilines is 1. The second-order valence-corrected chi connectivity index (χ2v) is 4.24. The largest absolute Gasteiger partial charge is 0.477 e. The zero-order chi connectivity index (χ0) is 17.5. The number of carboxylic acid groups (broad SMARTS) is 1. The maximum Gasteiger partial charge on any atom is 0.387 e. The number of rotatable bonds is 4. The van der Waals surface area contributed by atoms with Crippen molar-refractivity contribution < 1.29 is 32.2 Å². The van der Waals surface area contributed by atoms with Gasteiger partial charge in [0.25, 0.3) is 0 Å². The highest BCUT2D eigenvalue weighted by Gasteiger charge is 2.27. The summed E-state index contributed by atoms with van der Waals surface area (Å²) in [6, 6.07) is 0. The third-order valence-corrected chi connectivity index (χ3v) is 2.98. The zero-order valence-electron chi connectivity index (χ0n) is 11.1. The Hall–Kier alpha value is -3.04. The molecule has 0 bridgehead atoms. The Labute approximate surface area is 125 Å². The zero-order valence-corrected chi connectivity index (χ0v) is 11.1. The van der Waals surface area contributed by atoms with Crippen molar-refractivity contribution >= 4 is 28.8 Å². The molecular formula is C13H8F4N2O4. The van der Waals surface area contributed by atoms with Crippen LogP contribution in [0.1, 0.15) is 10.4 Å². The summed E-state index contributed by atoms with van der Waals surface area (Å²) in [6.07, 6.45) is 1.60. The molecule has 0 aliphatic rings. The van der Waals surface area contributed by atoms with Gasteiger partial charge in [-0.05, 0) is 0 Å². The molecular weight excluding hydrogens is 324 g/mol. The molecule has 10 heteroatoms. The van der Waals surface area contributed by atoms with E-state index in [1.165, 1.54) is 0 Å². The Morgan fingerprint density at radius 3 is 2.48 bits per heavy atom. The van der Waals surface area contributed by atoms with Crippen LogP contribution in [0.25, 0.3) is 17.1 Å². The minimum atomic E-state index is -3.52. The standard InChI is InChI=1S/C13H8F4N2O4/c1-2-19-3-4(12(21)22)10(20)5-8(18)6(14)7(15)11(9(5)19)23-13(16)17/h2-3,13H,1,18H2,(H,21,22). The third kappa shape index (κ3) is 2.47. The summed E-state index contributed by atoms with van der Waals surface area (Å²) in [5, 5.41) is 8.16. The van der Waals surface area contributed by atoms with Crippen LogP contribution in [-0.2, 0) is 0 Å². The van der Waals surface area contributed by atoms with Crippen molar-refractivity contribution in [3.8, 4) is 5.75 Å². The molecule has 0 spiro atoms. The van der Waals surface area contributed by atoms with E-state index in [2.05, 4.69) is 11.3 Å². The van der Waals surface area contributed by atoms with Gasteiger partial charge in [0.15, 0.2) is 11.6 Å². The van der Waals surface area contributed by atoms with Crippen LogP contribution in [0.15, 0.2) is 17.6 Å². The van der Waals surface area contributed by atoms with Crippen LogP contribution in [0.4, 0.5) is 23.2 Å². The molecule has 0 saturated heterocycles. The number of alkyl halides is 2. The summed E-state index contributed by atoms with van der Waals surface area (Å²) < 4.78 is 57.2. The number of nitrogen functional groups attached to an aromatic ring is 1. The second-order valence-electron chi connectivity index (χ2n) is 4.24. The highest BCUT2D eigenvalue weighted by molar-refractivity contribution is 6.00. The highest BCUT2D eigenvalue weighted by atomic mass is 19.3. The van der Waals surface area contributed by atoms with E-state index in [0.717, 1.165) is 10.8 Å². The minimum absolute atomic E-state index is 0.660. The topological polar surface area (TPSA) is 94.6 Å². The first-order valence-corrected chi connectivity index (χ1v) is 5.86. The van der Waals surface area contributed by atoms with E-state index in [4.69, 9.17) is 10.8 Å². The maximum atomic E-state index is 13.9. The Kier molecular flexibility index (Phi) is 4.00. The van der Waals surface area contributed by atoms with Gasteiger partial charge >= 0.3 is 12.6 Å². The van der Waals surface area contributed by atoms with Gasteiger partial charge in [-0.15, -0.1) is 0 Å². The summed E-state index contributed by atoms with van der Waals surface area (Å²) >= 11 is 0. The van der Waals surface area contributed by atoms with Crippen LogP contribution in [-0.4, -0.2) is 22.3 Å². The quantitative estimate of drug-likeness (QED) is 0.661. The fraction of sp³-hybridized carbons (Fsp3) is 0.0769. The molecule has 0 aliphatic heterocycles. The van der Waals surface area contributed by atoms with Gasteiger partial charge in [0.05, 0.1) is 11.1 Å². The minimum Gasteiger partial charge on any atom is -0.477 e. The van der Waals surface area contributed by atoms with Crippen molar-refractivity contribution in [2.45, 2.75) is 6.61 Å². The molecule has 3 N–H and O–H groups in total. The van der Waals surface area contributed by atoms with Gasteiger partial charge < -0.3 is 20.1 Å². The normalized spacial score (nSPS) is 11.0. The van der Waals surface area contributed by atoms with Gasteiger partial charge in [0.1, 0.15) is 11.1 Å². The fourth-order valence-electron chi connectivity index (χ4n) is 2.04. The van der Waals surface area contributed by atoms with E-state index in [1.807, 2.05) is 0 Å². The predicted octanol–water partition coefficient (Wildman–Crippen LogP) is 2.26. The van der Waals surface area contributed by atoms with Gasteiger partial charge in [-0.1, -0.05) is 6.58 Å². The lowest BCUT2D eigenvalue weighted by Gasteiger charge is -2.16. The first kappa shape index (κ1) is 16.3. The molecule has 0 saturated carbocycles. The molecule has 122 valence electrons. The number of carbonyl (C=O) groups is 1. The molecule has 0 atom stereocenters. The number of pyridine rings is 1. The number of aromatic nitrogens is 1. The molecule has 0 fully saturated rings. The lowest BCUT2D eigenvalue weighted by molar-refractivity contribution is -0.0515.